The number of phenolic OH excluding ortho intramolecular Hbond substituents is 1. The molecule has 4 nitrogen and oxygen atoms in total. The number of amides is 1. The molecule has 0 unspecified atom stereocenters. The van der Waals surface area contributed by atoms with Gasteiger partial charge in [0.25, 0.3) is 0 Å². The topological polar surface area (TPSA) is 52.6 Å². The van der Waals surface area contributed by atoms with Gasteiger partial charge in [0.2, 0.25) is 5.91 Å². The molecule has 1 amide bonds. The number of carbonyl (C=O) groups excluding carboxylic acids is 1. The van der Waals surface area contributed by atoms with Crippen LogP contribution in [0, 0.1) is 0 Å². The number of fused-ring (bicyclic) bond motifs is 1. The van der Waals surface area contributed by atoms with Crippen LogP contribution < -0.4 is 10.2 Å². The maximum Gasteiger partial charge on any atom is 0.226 e. The number of aromatic hydroxyl groups is 1. The van der Waals surface area contributed by atoms with Crippen molar-refractivity contribution >= 4 is 17.3 Å². The number of benzene rings is 1. The van der Waals surface area contributed by atoms with Gasteiger partial charge in [-0.3, -0.25) is 4.79 Å². The standard InChI is InChI=1S/C10H12N2O2/c1-12-5-4-10(14)11-8-3-2-7(13)6-9(8)12/h2-3,6,13H,4-5H2,1H3,(H,11,14). The summed E-state index contributed by atoms with van der Waals surface area (Å²) in [5, 5.41) is 12.1. The van der Waals surface area contributed by atoms with E-state index in [1.807, 2.05) is 11.9 Å². The van der Waals surface area contributed by atoms with Gasteiger partial charge < -0.3 is 15.3 Å². The van der Waals surface area contributed by atoms with Crippen LogP contribution in [-0.2, 0) is 4.79 Å². The number of hydrogen-bond acceptors (Lipinski definition) is 3. The van der Waals surface area contributed by atoms with E-state index >= 15 is 0 Å². The summed E-state index contributed by atoms with van der Waals surface area (Å²) in [6.07, 6.45) is 0.478. The molecule has 0 fully saturated rings. The second-order valence-corrected chi connectivity index (χ2v) is 3.42. The summed E-state index contributed by atoms with van der Waals surface area (Å²) in [6.45, 7) is 0.669. The first-order valence-corrected chi connectivity index (χ1v) is 4.51. The number of phenols is 1. The lowest BCUT2D eigenvalue weighted by molar-refractivity contribution is -0.115. The highest BCUT2D eigenvalue weighted by Crippen LogP contribution is 2.30. The molecule has 1 heterocycles. The fourth-order valence-electron chi connectivity index (χ4n) is 1.54. The zero-order chi connectivity index (χ0) is 10.1. The van der Waals surface area contributed by atoms with E-state index in [0.29, 0.717) is 13.0 Å². The van der Waals surface area contributed by atoms with Crippen LogP contribution in [-0.4, -0.2) is 24.6 Å². The van der Waals surface area contributed by atoms with Crippen LogP contribution in [0.25, 0.3) is 0 Å². The average molecular weight is 192 g/mol. The maximum atomic E-state index is 11.3. The molecule has 0 saturated carbocycles. The Morgan fingerprint density at radius 3 is 3.07 bits per heavy atom. The van der Waals surface area contributed by atoms with Crippen LogP contribution in [0.2, 0.25) is 0 Å². The van der Waals surface area contributed by atoms with Crippen molar-refractivity contribution in [3.63, 3.8) is 0 Å². The van der Waals surface area contributed by atoms with Gasteiger partial charge in [0.05, 0.1) is 11.4 Å². The third kappa shape index (κ3) is 1.51. The Kier molecular flexibility index (Phi) is 2.04. The Morgan fingerprint density at radius 1 is 1.50 bits per heavy atom. The first-order valence-electron chi connectivity index (χ1n) is 4.51. The van der Waals surface area contributed by atoms with Gasteiger partial charge in [-0.15, -0.1) is 0 Å². The zero-order valence-corrected chi connectivity index (χ0v) is 7.95. The van der Waals surface area contributed by atoms with E-state index in [0.717, 1.165) is 11.4 Å². The molecule has 74 valence electrons. The molecule has 0 radical (unpaired) electrons. The van der Waals surface area contributed by atoms with E-state index in [9.17, 15) is 9.90 Å². The Bertz CT molecular complexity index is 376. The molecule has 0 saturated heterocycles. The predicted molar refractivity (Wildman–Crippen MR) is 54.6 cm³/mol. The van der Waals surface area contributed by atoms with Crippen molar-refractivity contribution in [2.45, 2.75) is 6.42 Å². The van der Waals surface area contributed by atoms with Crippen LogP contribution in [0.1, 0.15) is 6.42 Å². The van der Waals surface area contributed by atoms with Crippen molar-refractivity contribution in [1.82, 2.24) is 0 Å². The molecular weight excluding hydrogens is 180 g/mol. The van der Waals surface area contributed by atoms with E-state index in [2.05, 4.69) is 5.32 Å². The largest absolute Gasteiger partial charge is 0.508 e. The summed E-state index contributed by atoms with van der Waals surface area (Å²) < 4.78 is 0. The number of nitrogens with zero attached hydrogens (tertiary/aromatic N) is 1. The number of rotatable bonds is 0. The van der Waals surface area contributed by atoms with Gasteiger partial charge in [-0.25, -0.2) is 0 Å². The number of nitrogens with one attached hydrogen (secondary N) is 1. The summed E-state index contributed by atoms with van der Waals surface area (Å²) in [4.78, 5) is 13.2. The molecule has 0 spiro atoms. The fraction of sp³-hybridized carbons (Fsp3) is 0.300. The van der Waals surface area contributed by atoms with Gasteiger partial charge >= 0.3 is 0 Å². The Hall–Kier alpha value is -1.71. The highest BCUT2D eigenvalue weighted by atomic mass is 16.3. The molecule has 14 heavy (non-hydrogen) atoms. The first-order chi connectivity index (χ1) is 6.66. The SMILES string of the molecule is CN1CCC(=O)Nc2ccc(O)cc21. The quantitative estimate of drug-likeness (QED) is 0.607. The fourth-order valence-corrected chi connectivity index (χ4v) is 1.54. The smallest absolute Gasteiger partial charge is 0.226 e. The zero-order valence-electron chi connectivity index (χ0n) is 7.95. The van der Waals surface area contributed by atoms with Crippen LogP contribution in [0.5, 0.6) is 5.75 Å². The van der Waals surface area contributed by atoms with E-state index in [1.165, 1.54) is 0 Å². The molecule has 2 rings (SSSR count). The van der Waals surface area contributed by atoms with Gasteiger partial charge in [0.1, 0.15) is 5.75 Å². The second kappa shape index (κ2) is 3.21. The van der Waals surface area contributed by atoms with E-state index in [1.54, 1.807) is 18.2 Å². The van der Waals surface area contributed by atoms with Gasteiger partial charge in [0, 0.05) is 26.1 Å². The van der Waals surface area contributed by atoms with Crippen molar-refractivity contribution in [1.29, 1.82) is 0 Å². The normalized spacial score (nSPS) is 15.8. The van der Waals surface area contributed by atoms with Gasteiger partial charge in [-0.2, -0.15) is 0 Å². The minimum atomic E-state index is 0.0151. The highest BCUT2D eigenvalue weighted by molar-refractivity contribution is 5.96. The van der Waals surface area contributed by atoms with Crippen molar-refractivity contribution in [2.75, 3.05) is 23.8 Å². The Balaban J connectivity index is 2.46. The lowest BCUT2D eigenvalue weighted by Gasteiger charge is -2.18. The van der Waals surface area contributed by atoms with Crippen molar-refractivity contribution in [3.8, 4) is 5.75 Å². The molecule has 1 aliphatic rings. The molecule has 0 aliphatic carbocycles. The summed E-state index contributed by atoms with van der Waals surface area (Å²) in [7, 11) is 1.90. The molecule has 4 heteroatoms. The Morgan fingerprint density at radius 2 is 2.29 bits per heavy atom. The van der Waals surface area contributed by atoms with E-state index in [4.69, 9.17) is 0 Å². The molecule has 1 aliphatic heterocycles. The second-order valence-electron chi connectivity index (χ2n) is 3.42. The van der Waals surface area contributed by atoms with E-state index in [-0.39, 0.29) is 11.7 Å². The minimum absolute atomic E-state index is 0.0151. The third-order valence-corrected chi connectivity index (χ3v) is 2.34. The maximum absolute atomic E-state index is 11.3. The lowest BCUT2D eigenvalue weighted by atomic mass is 10.2. The molecule has 1 aromatic rings. The highest BCUT2D eigenvalue weighted by Gasteiger charge is 2.16. The summed E-state index contributed by atoms with van der Waals surface area (Å²) >= 11 is 0. The molecular formula is C10H12N2O2. The van der Waals surface area contributed by atoms with E-state index < -0.39 is 0 Å². The molecule has 0 bridgehead atoms. The monoisotopic (exact) mass is 192 g/mol. The van der Waals surface area contributed by atoms with Crippen LogP contribution in [0.15, 0.2) is 18.2 Å². The molecule has 2 N–H and O–H groups in total. The molecule has 0 atom stereocenters. The van der Waals surface area contributed by atoms with Gasteiger partial charge in [-0.05, 0) is 12.1 Å². The molecule has 1 aromatic carbocycles. The van der Waals surface area contributed by atoms with Gasteiger partial charge in [-0.1, -0.05) is 0 Å². The first kappa shape index (κ1) is 8.87. The average Bonchev–Trinajstić information content (AvgIpc) is 2.29. The Labute approximate surface area is 82.2 Å². The summed E-state index contributed by atoms with van der Waals surface area (Å²) in [6, 6.07) is 4.93. The summed E-state index contributed by atoms with van der Waals surface area (Å²) in [5.41, 5.74) is 1.61. The van der Waals surface area contributed by atoms with Crippen molar-refractivity contribution in [3.05, 3.63) is 18.2 Å². The van der Waals surface area contributed by atoms with Crippen LogP contribution >= 0.6 is 0 Å². The number of anilines is 2. The van der Waals surface area contributed by atoms with Crippen LogP contribution in [0.4, 0.5) is 11.4 Å². The predicted octanol–water partition coefficient (Wildman–Crippen LogP) is 1.17. The lowest BCUT2D eigenvalue weighted by Crippen LogP contribution is -2.18. The van der Waals surface area contributed by atoms with Gasteiger partial charge in [0.15, 0.2) is 0 Å². The van der Waals surface area contributed by atoms with Crippen LogP contribution in [0.3, 0.4) is 0 Å². The summed E-state index contributed by atoms with van der Waals surface area (Å²) in [5.74, 6) is 0.230. The number of hydrogen-bond donors (Lipinski definition) is 2. The minimum Gasteiger partial charge on any atom is -0.508 e. The number of carbonyl (C=O) groups is 1. The third-order valence-electron chi connectivity index (χ3n) is 2.34. The van der Waals surface area contributed by atoms with Crippen molar-refractivity contribution < 1.29 is 9.90 Å². The van der Waals surface area contributed by atoms with Crippen molar-refractivity contribution in [2.24, 2.45) is 0 Å². The molecule has 0 aromatic heterocycles.